The van der Waals surface area contributed by atoms with E-state index in [-0.39, 0.29) is 17.4 Å². The molecule has 0 unspecified atom stereocenters. The van der Waals surface area contributed by atoms with Crippen LogP contribution in [0.15, 0.2) is 18.2 Å². The maximum Gasteiger partial charge on any atom is 0.387 e. The van der Waals surface area contributed by atoms with E-state index in [1.54, 1.807) is 12.1 Å². The van der Waals surface area contributed by atoms with Crippen molar-refractivity contribution in [3.8, 4) is 11.5 Å². The molecule has 0 aromatic heterocycles. The Balaban J connectivity index is 1.98. The van der Waals surface area contributed by atoms with E-state index in [0.717, 1.165) is 5.56 Å². The molecular formula is C13H15F2NO4. The van der Waals surface area contributed by atoms with Gasteiger partial charge in [0, 0.05) is 19.6 Å². The molecule has 0 radical (unpaired) electrons. The number of carbonyl (C=O) groups is 1. The Bertz CT molecular complexity index is 489. The Labute approximate surface area is 114 Å². The summed E-state index contributed by atoms with van der Waals surface area (Å²) >= 11 is 0. The van der Waals surface area contributed by atoms with Crippen LogP contribution < -0.4 is 9.47 Å². The number of hydrogen-bond acceptors (Lipinski definition) is 4. The highest BCUT2D eigenvalue weighted by Gasteiger charge is 2.32. The largest absolute Gasteiger partial charge is 0.493 e. The molecule has 1 saturated heterocycles. The number of carboxylic acids is 1. The van der Waals surface area contributed by atoms with Gasteiger partial charge in [0.25, 0.3) is 0 Å². The van der Waals surface area contributed by atoms with Crippen molar-refractivity contribution < 1.29 is 28.2 Å². The van der Waals surface area contributed by atoms with Crippen LogP contribution in [0.4, 0.5) is 8.78 Å². The number of benzene rings is 1. The number of ether oxygens (including phenoxy) is 2. The number of likely N-dealkylation sites (tertiary alicyclic amines) is 1. The topological polar surface area (TPSA) is 59.0 Å². The van der Waals surface area contributed by atoms with Crippen LogP contribution in [0, 0.1) is 5.92 Å². The molecule has 1 aliphatic rings. The maximum atomic E-state index is 12.2. The molecule has 0 aliphatic carbocycles. The monoisotopic (exact) mass is 287 g/mol. The standard InChI is InChI=1S/C13H15F2NO4/c1-19-11-4-8(2-3-10(11)20-13(14)15)5-16-6-9(7-16)12(17)18/h2-4,9,13H,5-7H2,1H3,(H,17,18). The highest BCUT2D eigenvalue weighted by atomic mass is 19.3. The molecule has 110 valence electrons. The number of aliphatic carboxylic acids is 1. The summed E-state index contributed by atoms with van der Waals surface area (Å²) in [5.41, 5.74) is 0.854. The molecule has 1 aliphatic heterocycles. The van der Waals surface area contributed by atoms with E-state index in [2.05, 4.69) is 4.74 Å². The lowest BCUT2D eigenvalue weighted by Gasteiger charge is -2.36. The van der Waals surface area contributed by atoms with Crippen molar-refractivity contribution in [2.45, 2.75) is 13.2 Å². The third kappa shape index (κ3) is 3.36. The predicted octanol–water partition coefficient (Wildman–Crippen LogP) is 1.81. The second-order valence-corrected chi connectivity index (χ2v) is 4.59. The van der Waals surface area contributed by atoms with Gasteiger partial charge in [0.05, 0.1) is 13.0 Å². The number of nitrogens with zero attached hydrogens (tertiary/aromatic N) is 1. The van der Waals surface area contributed by atoms with Gasteiger partial charge in [-0.25, -0.2) is 0 Å². The maximum absolute atomic E-state index is 12.2. The Morgan fingerprint density at radius 1 is 1.45 bits per heavy atom. The zero-order valence-corrected chi connectivity index (χ0v) is 10.9. The molecule has 0 saturated carbocycles. The molecule has 0 spiro atoms. The first-order valence-corrected chi connectivity index (χ1v) is 6.06. The van der Waals surface area contributed by atoms with Crippen LogP contribution in [0.5, 0.6) is 11.5 Å². The van der Waals surface area contributed by atoms with Crippen LogP contribution in [-0.2, 0) is 11.3 Å². The highest BCUT2D eigenvalue weighted by Crippen LogP contribution is 2.30. The van der Waals surface area contributed by atoms with Gasteiger partial charge < -0.3 is 14.6 Å². The number of alkyl halides is 2. The third-order valence-corrected chi connectivity index (χ3v) is 3.16. The molecule has 1 fully saturated rings. The summed E-state index contributed by atoms with van der Waals surface area (Å²) < 4.78 is 33.7. The fourth-order valence-electron chi connectivity index (χ4n) is 2.12. The van der Waals surface area contributed by atoms with E-state index < -0.39 is 12.6 Å². The summed E-state index contributed by atoms with van der Waals surface area (Å²) in [5.74, 6) is -0.894. The van der Waals surface area contributed by atoms with Gasteiger partial charge in [-0.15, -0.1) is 0 Å². The Hall–Kier alpha value is -1.89. The molecular weight excluding hydrogens is 272 g/mol. The quantitative estimate of drug-likeness (QED) is 0.864. The summed E-state index contributed by atoms with van der Waals surface area (Å²) in [6.07, 6.45) is 0. The van der Waals surface area contributed by atoms with Gasteiger partial charge in [0.2, 0.25) is 0 Å². The second-order valence-electron chi connectivity index (χ2n) is 4.59. The van der Waals surface area contributed by atoms with Crippen molar-refractivity contribution in [2.24, 2.45) is 5.92 Å². The van der Waals surface area contributed by atoms with Crippen molar-refractivity contribution in [3.05, 3.63) is 23.8 Å². The zero-order valence-electron chi connectivity index (χ0n) is 10.9. The van der Waals surface area contributed by atoms with E-state index in [9.17, 15) is 13.6 Å². The molecule has 0 amide bonds. The van der Waals surface area contributed by atoms with Crippen molar-refractivity contribution in [1.82, 2.24) is 4.90 Å². The van der Waals surface area contributed by atoms with Crippen LogP contribution in [-0.4, -0.2) is 42.8 Å². The van der Waals surface area contributed by atoms with Gasteiger partial charge in [-0.1, -0.05) is 6.07 Å². The minimum absolute atomic E-state index is 0.0155. The summed E-state index contributed by atoms with van der Waals surface area (Å²) in [7, 11) is 1.38. The van der Waals surface area contributed by atoms with E-state index in [0.29, 0.717) is 19.6 Å². The number of rotatable bonds is 6. The first kappa shape index (κ1) is 14.5. The SMILES string of the molecule is COc1cc(CN2CC(C(=O)O)C2)ccc1OC(F)F. The van der Waals surface area contributed by atoms with Crippen molar-refractivity contribution >= 4 is 5.97 Å². The van der Waals surface area contributed by atoms with Crippen LogP contribution >= 0.6 is 0 Å². The molecule has 7 heteroatoms. The summed E-state index contributed by atoms with van der Waals surface area (Å²) in [6.45, 7) is -1.36. The van der Waals surface area contributed by atoms with Gasteiger partial charge >= 0.3 is 12.6 Å². The number of methoxy groups -OCH3 is 1. The predicted molar refractivity (Wildman–Crippen MR) is 66.0 cm³/mol. The van der Waals surface area contributed by atoms with Gasteiger partial charge in [0.15, 0.2) is 11.5 Å². The molecule has 0 atom stereocenters. The van der Waals surface area contributed by atoms with Gasteiger partial charge in [0.1, 0.15) is 0 Å². The minimum Gasteiger partial charge on any atom is -0.493 e. The molecule has 1 aromatic carbocycles. The fourth-order valence-corrected chi connectivity index (χ4v) is 2.12. The number of hydrogen-bond donors (Lipinski definition) is 1. The van der Waals surface area contributed by atoms with Crippen molar-refractivity contribution in [1.29, 1.82) is 0 Å². The lowest BCUT2D eigenvalue weighted by atomic mass is 9.99. The number of halogens is 2. The molecule has 20 heavy (non-hydrogen) atoms. The van der Waals surface area contributed by atoms with Crippen LogP contribution in [0.3, 0.4) is 0 Å². The van der Waals surface area contributed by atoms with Crippen LogP contribution in [0.2, 0.25) is 0 Å². The van der Waals surface area contributed by atoms with Crippen LogP contribution in [0.25, 0.3) is 0 Å². The first-order chi connectivity index (χ1) is 9.49. The molecule has 2 rings (SSSR count). The minimum atomic E-state index is -2.90. The smallest absolute Gasteiger partial charge is 0.387 e. The Morgan fingerprint density at radius 2 is 2.15 bits per heavy atom. The second kappa shape index (κ2) is 6.04. The van der Waals surface area contributed by atoms with Crippen molar-refractivity contribution in [2.75, 3.05) is 20.2 Å². The molecule has 1 N–H and O–H groups in total. The summed E-state index contributed by atoms with van der Waals surface area (Å²) in [5, 5.41) is 8.79. The van der Waals surface area contributed by atoms with E-state index in [4.69, 9.17) is 9.84 Å². The average Bonchev–Trinajstić information content (AvgIpc) is 2.33. The van der Waals surface area contributed by atoms with E-state index in [1.807, 2.05) is 4.90 Å². The van der Waals surface area contributed by atoms with Gasteiger partial charge in [-0.2, -0.15) is 8.78 Å². The third-order valence-electron chi connectivity index (χ3n) is 3.16. The molecule has 0 bridgehead atoms. The lowest BCUT2D eigenvalue weighted by molar-refractivity contribution is -0.147. The van der Waals surface area contributed by atoms with Crippen LogP contribution in [0.1, 0.15) is 5.56 Å². The van der Waals surface area contributed by atoms with E-state index in [1.165, 1.54) is 13.2 Å². The summed E-state index contributed by atoms with van der Waals surface area (Å²) in [6, 6.07) is 4.70. The normalized spacial score (nSPS) is 16.0. The lowest BCUT2D eigenvalue weighted by Crippen LogP contribution is -2.49. The zero-order chi connectivity index (χ0) is 14.7. The first-order valence-electron chi connectivity index (χ1n) is 6.06. The molecule has 5 nitrogen and oxygen atoms in total. The average molecular weight is 287 g/mol. The Morgan fingerprint density at radius 3 is 2.70 bits per heavy atom. The molecule has 1 aromatic rings. The highest BCUT2D eigenvalue weighted by molar-refractivity contribution is 5.71. The fraction of sp³-hybridized carbons (Fsp3) is 0.462. The number of carboxylic acid groups (broad SMARTS) is 1. The summed E-state index contributed by atoms with van der Waals surface area (Å²) in [4.78, 5) is 12.7. The Kier molecular flexibility index (Phi) is 4.39. The van der Waals surface area contributed by atoms with Crippen molar-refractivity contribution in [3.63, 3.8) is 0 Å². The van der Waals surface area contributed by atoms with E-state index >= 15 is 0 Å². The molecule has 1 heterocycles. The van der Waals surface area contributed by atoms with Gasteiger partial charge in [-0.05, 0) is 17.7 Å². The van der Waals surface area contributed by atoms with Gasteiger partial charge in [-0.3, -0.25) is 9.69 Å².